The number of halogens is 1. The Labute approximate surface area is 96.1 Å². The molecule has 2 aromatic rings. The molecule has 3 heteroatoms. The van der Waals surface area contributed by atoms with Crippen molar-refractivity contribution in [3.63, 3.8) is 0 Å². The number of pyridine rings is 1. The fourth-order valence-electron chi connectivity index (χ4n) is 1.41. The monoisotopic (exact) mass is 299 g/mol. The predicted octanol–water partition coefficient (Wildman–Crippen LogP) is 2.64. The highest BCUT2D eigenvalue weighted by atomic mass is 127. The van der Waals surface area contributed by atoms with E-state index >= 15 is 0 Å². The van der Waals surface area contributed by atoms with Gasteiger partial charge in [-0.05, 0) is 47.2 Å². The first-order valence-corrected chi connectivity index (χ1v) is 5.45. The first kappa shape index (κ1) is 9.86. The topological polar surface area (TPSA) is 33.1 Å². The third-order valence-corrected chi connectivity index (χ3v) is 3.10. The quantitative estimate of drug-likeness (QED) is 0.648. The van der Waals surface area contributed by atoms with Gasteiger partial charge in [-0.1, -0.05) is 12.1 Å². The van der Waals surface area contributed by atoms with Crippen LogP contribution in [0.15, 0.2) is 24.3 Å². The van der Waals surface area contributed by atoms with Gasteiger partial charge in [0.15, 0.2) is 0 Å². The average molecular weight is 299 g/mol. The van der Waals surface area contributed by atoms with Crippen molar-refractivity contribution in [2.45, 2.75) is 13.5 Å². The molecule has 0 aliphatic heterocycles. The van der Waals surface area contributed by atoms with E-state index in [-0.39, 0.29) is 6.61 Å². The fraction of sp³-hybridized carbons (Fsp3) is 0.182. The molecule has 0 bridgehead atoms. The second kappa shape index (κ2) is 3.82. The van der Waals surface area contributed by atoms with Gasteiger partial charge in [0.05, 0.1) is 12.1 Å². The Morgan fingerprint density at radius 1 is 1.36 bits per heavy atom. The second-order valence-corrected chi connectivity index (χ2v) is 4.31. The van der Waals surface area contributed by atoms with Gasteiger partial charge in [-0.25, -0.2) is 4.98 Å². The Morgan fingerprint density at radius 2 is 2.14 bits per heavy atom. The summed E-state index contributed by atoms with van der Waals surface area (Å²) in [6.45, 7) is 2.10. The maximum Gasteiger partial charge on any atom is 0.107 e. The molecule has 0 saturated heterocycles. The molecule has 0 saturated carbocycles. The highest BCUT2D eigenvalue weighted by Crippen LogP contribution is 2.19. The van der Waals surface area contributed by atoms with Crippen LogP contribution in [0, 0.1) is 10.6 Å². The zero-order valence-corrected chi connectivity index (χ0v) is 9.95. The molecule has 1 heterocycles. The van der Waals surface area contributed by atoms with Crippen LogP contribution < -0.4 is 0 Å². The van der Waals surface area contributed by atoms with Gasteiger partial charge in [-0.2, -0.15) is 0 Å². The van der Waals surface area contributed by atoms with Crippen LogP contribution in [-0.2, 0) is 6.61 Å². The molecule has 0 radical (unpaired) electrons. The van der Waals surface area contributed by atoms with Crippen LogP contribution >= 0.6 is 22.6 Å². The smallest absolute Gasteiger partial charge is 0.107 e. The summed E-state index contributed by atoms with van der Waals surface area (Å²) < 4.78 is 0.878. The minimum absolute atomic E-state index is 0.0507. The van der Waals surface area contributed by atoms with Crippen LogP contribution in [0.25, 0.3) is 10.9 Å². The molecule has 0 fully saturated rings. The Bertz CT molecular complexity index is 482. The summed E-state index contributed by atoms with van der Waals surface area (Å²) in [6, 6.07) is 8.13. The van der Waals surface area contributed by atoms with Gasteiger partial charge >= 0.3 is 0 Å². The van der Waals surface area contributed by atoms with E-state index in [1.807, 2.05) is 19.1 Å². The van der Waals surface area contributed by atoms with Crippen LogP contribution in [0.3, 0.4) is 0 Å². The minimum atomic E-state index is 0.0507. The van der Waals surface area contributed by atoms with E-state index < -0.39 is 0 Å². The van der Waals surface area contributed by atoms with Crippen molar-refractivity contribution in [2.75, 3.05) is 0 Å². The van der Waals surface area contributed by atoms with E-state index in [1.165, 1.54) is 5.56 Å². The van der Waals surface area contributed by atoms with Crippen LogP contribution in [0.5, 0.6) is 0 Å². The van der Waals surface area contributed by atoms with E-state index in [9.17, 15) is 0 Å². The van der Waals surface area contributed by atoms with Crippen molar-refractivity contribution in [1.29, 1.82) is 0 Å². The number of aliphatic hydroxyl groups is 1. The number of aliphatic hydroxyl groups excluding tert-OH is 1. The van der Waals surface area contributed by atoms with Crippen LogP contribution in [0.1, 0.15) is 11.1 Å². The standard InChI is InChI=1S/C11H10INO/c1-7-2-3-8-5-9(6-14)11(12)13-10(8)4-7/h2-5,14H,6H2,1H3. The molecule has 0 aliphatic carbocycles. The lowest BCUT2D eigenvalue weighted by Gasteiger charge is -2.04. The third kappa shape index (κ3) is 1.74. The fourth-order valence-corrected chi connectivity index (χ4v) is 1.99. The molecular formula is C11H10INO. The maximum absolute atomic E-state index is 9.09. The molecule has 0 atom stereocenters. The SMILES string of the molecule is Cc1ccc2cc(CO)c(I)nc2c1. The Kier molecular flexibility index (Phi) is 2.69. The van der Waals surface area contributed by atoms with E-state index in [4.69, 9.17) is 5.11 Å². The number of hydrogen-bond donors (Lipinski definition) is 1. The lowest BCUT2D eigenvalue weighted by Crippen LogP contribution is -1.93. The molecule has 0 spiro atoms. The zero-order chi connectivity index (χ0) is 10.1. The summed E-state index contributed by atoms with van der Waals surface area (Å²) >= 11 is 2.15. The van der Waals surface area contributed by atoms with Gasteiger partial charge in [-0.15, -0.1) is 0 Å². The van der Waals surface area contributed by atoms with Gasteiger partial charge < -0.3 is 5.11 Å². The molecule has 0 aliphatic rings. The highest BCUT2D eigenvalue weighted by molar-refractivity contribution is 14.1. The molecule has 2 nitrogen and oxygen atoms in total. The van der Waals surface area contributed by atoms with Crippen molar-refractivity contribution in [2.24, 2.45) is 0 Å². The molecule has 0 amide bonds. The predicted molar refractivity (Wildman–Crippen MR) is 65.1 cm³/mol. The summed E-state index contributed by atoms with van der Waals surface area (Å²) in [5, 5.41) is 10.2. The average Bonchev–Trinajstić information content (AvgIpc) is 2.16. The largest absolute Gasteiger partial charge is 0.392 e. The number of nitrogens with zero attached hydrogens (tertiary/aromatic N) is 1. The molecular weight excluding hydrogens is 289 g/mol. The zero-order valence-electron chi connectivity index (χ0n) is 7.79. The summed E-state index contributed by atoms with van der Waals surface area (Å²) in [5.74, 6) is 0. The summed E-state index contributed by atoms with van der Waals surface area (Å²) in [6.07, 6.45) is 0. The van der Waals surface area contributed by atoms with E-state index in [1.54, 1.807) is 0 Å². The van der Waals surface area contributed by atoms with E-state index in [2.05, 4.69) is 39.7 Å². The normalized spacial score (nSPS) is 10.8. The Balaban J connectivity index is 2.73. The first-order valence-electron chi connectivity index (χ1n) is 4.37. The third-order valence-electron chi connectivity index (χ3n) is 2.17. The number of fused-ring (bicyclic) bond motifs is 1. The van der Waals surface area contributed by atoms with Crippen molar-refractivity contribution in [1.82, 2.24) is 4.98 Å². The van der Waals surface area contributed by atoms with Crippen LogP contribution in [0.2, 0.25) is 0 Å². The van der Waals surface area contributed by atoms with Crippen molar-refractivity contribution in [3.05, 3.63) is 39.1 Å². The van der Waals surface area contributed by atoms with Crippen LogP contribution in [-0.4, -0.2) is 10.1 Å². The number of aryl methyl sites for hydroxylation is 1. The maximum atomic E-state index is 9.09. The van der Waals surface area contributed by atoms with E-state index in [0.29, 0.717) is 0 Å². The van der Waals surface area contributed by atoms with Gasteiger partial charge in [0, 0.05) is 10.9 Å². The first-order chi connectivity index (χ1) is 6.70. The lowest BCUT2D eigenvalue weighted by molar-refractivity contribution is 0.280. The van der Waals surface area contributed by atoms with Crippen molar-refractivity contribution >= 4 is 33.5 Å². The number of rotatable bonds is 1. The minimum Gasteiger partial charge on any atom is -0.392 e. The number of aromatic nitrogens is 1. The molecule has 1 aromatic heterocycles. The molecule has 0 unspecified atom stereocenters. The summed E-state index contributed by atoms with van der Waals surface area (Å²) in [4.78, 5) is 4.43. The van der Waals surface area contributed by atoms with Gasteiger partial charge in [-0.3, -0.25) is 0 Å². The van der Waals surface area contributed by atoms with Gasteiger partial charge in [0.2, 0.25) is 0 Å². The van der Waals surface area contributed by atoms with Crippen LogP contribution in [0.4, 0.5) is 0 Å². The van der Waals surface area contributed by atoms with E-state index in [0.717, 1.165) is 20.2 Å². The summed E-state index contributed by atoms with van der Waals surface area (Å²) in [7, 11) is 0. The van der Waals surface area contributed by atoms with Gasteiger partial charge in [0.25, 0.3) is 0 Å². The molecule has 1 aromatic carbocycles. The van der Waals surface area contributed by atoms with Crippen molar-refractivity contribution in [3.8, 4) is 0 Å². The molecule has 2 rings (SSSR count). The van der Waals surface area contributed by atoms with Crippen molar-refractivity contribution < 1.29 is 5.11 Å². The number of hydrogen-bond acceptors (Lipinski definition) is 2. The summed E-state index contributed by atoms with van der Waals surface area (Å²) in [5.41, 5.74) is 3.09. The van der Waals surface area contributed by atoms with Gasteiger partial charge in [0.1, 0.15) is 3.70 Å². The highest BCUT2D eigenvalue weighted by Gasteiger charge is 2.03. The molecule has 14 heavy (non-hydrogen) atoms. The lowest BCUT2D eigenvalue weighted by atomic mass is 10.1. The Hall–Kier alpha value is -0.680. The number of benzene rings is 1. The second-order valence-electron chi connectivity index (χ2n) is 3.29. The Morgan fingerprint density at radius 3 is 2.86 bits per heavy atom. The molecule has 1 N–H and O–H groups in total. The molecule has 72 valence electrons.